The molecule has 3 amide bonds. The number of carbonyl (C=O) groups is 2. The van der Waals surface area contributed by atoms with E-state index in [0.717, 1.165) is 40.0 Å². The maximum Gasteiger partial charge on any atom is 0.325 e. The van der Waals surface area contributed by atoms with E-state index < -0.39 is 17.7 Å². The molecule has 1 saturated heterocycles. The van der Waals surface area contributed by atoms with Crippen LogP contribution in [0.1, 0.15) is 35.1 Å². The van der Waals surface area contributed by atoms with Gasteiger partial charge in [0.25, 0.3) is 5.91 Å². The van der Waals surface area contributed by atoms with Crippen LogP contribution >= 0.6 is 0 Å². The quantitative estimate of drug-likeness (QED) is 0.765. The van der Waals surface area contributed by atoms with Crippen molar-refractivity contribution in [3.05, 3.63) is 64.7 Å². The van der Waals surface area contributed by atoms with E-state index >= 15 is 0 Å². The number of hydrogen-bond donors (Lipinski definition) is 2. The van der Waals surface area contributed by atoms with Crippen molar-refractivity contribution >= 4 is 11.9 Å². The van der Waals surface area contributed by atoms with Crippen molar-refractivity contribution in [1.82, 2.24) is 10.2 Å². The summed E-state index contributed by atoms with van der Waals surface area (Å²) < 4.78 is 5.68. The van der Waals surface area contributed by atoms with Crippen molar-refractivity contribution in [2.24, 2.45) is 0 Å². The normalized spacial score (nSPS) is 21.8. The lowest BCUT2D eigenvalue weighted by molar-refractivity contribution is -0.133. The molecule has 2 aromatic rings. The van der Waals surface area contributed by atoms with E-state index in [-0.39, 0.29) is 19.1 Å². The smallest absolute Gasteiger partial charge is 0.325 e. The standard InChI is InChI=1S/C23H26N2O4/c1-15-10-16(2)12-19(11-15)29-14-18(26)13-25-21(27)23(24-22(25)28)9-5-7-17-6-3-4-8-20(17)23/h3-4,6,8,10-12,18,26H,5,7,9,13-14H2,1-2H3,(H,24,28)/t18-,23-/m0/s1. The van der Waals surface area contributed by atoms with Crippen molar-refractivity contribution in [3.8, 4) is 5.75 Å². The number of aliphatic hydroxyl groups excluding tert-OH is 1. The summed E-state index contributed by atoms with van der Waals surface area (Å²) in [4.78, 5) is 27.0. The van der Waals surface area contributed by atoms with E-state index in [2.05, 4.69) is 5.32 Å². The molecule has 152 valence electrons. The molecule has 2 atom stereocenters. The molecule has 1 fully saturated rings. The monoisotopic (exact) mass is 394 g/mol. The minimum absolute atomic E-state index is 0.00351. The maximum atomic E-state index is 13.2. The number of amides is 3. The minimum atomic E-state index is -1.01. The van der Waals surface area contributed by atoms with Gasteiger partial charge in [0, 0.05) is 0 Å². The van der Waals surface area contributed by atoms with Crippen LogP contribution < -0.4 is 10.1 Å². The molecular formula is C23H26N2O4. The molecule has 1 heterocycles. The number of hydrogen-bond acceptors (Lipinski definition) is 4. The first-order valence-corrected chi connectivity index (χ1v) is 10.0. The molecule has 6 heteroatoms. The Kier molecular flexibility index (Phi) is 5.04. The van der Waals surface area contributed by atoms with Crippen LogP contribution in [-0.4, -0.2) is 41.2 Å². The molecule has 6 nitrogen and oxygen atoms in total. The molecule has 2 N–H and O–H groups in total. The number of nitrogens with zero attached hydrogens (tertiary/aromatic N) is 1. The first-order valence-electron chi connectivity index (χ1n) is 10.0. The fraction of sp³-hybridized carbons (Fsp3) is 0.391. The van der Waals surface area contributed by atoms with E-state index in [9.17, 15) is 14.7 Å². The Bertz CT molecular complexity index is 937. The Morgan fingerprint density at radius 3 is 2.66 bits per heavy atom. The van der Waals surface area contributed by atoms with Crippen molar-refractivity contribution in [2.75, 3.05) is 13.2 Å². The largest absolute Gasteiger partial charge is 0.491 e. The van der Waals surface area contributed by atoms with Gasteiger partial charge in [0.1, 0.15) is 24.0 Å². The van der Waals surface area contributed by atoms with Gasteiger partial charge in [-0.2, -0.15) is 0 Å². The summed E-state index contributed by atoms with van der Waals surface area (Å²) in [5, 5.41) is 13.3. The summed E-state index contributed by atoms with van der Waals surface area (Å²) in [6, 6.07) is 13.1. The highest BCUT2D eigenvalue weighted by Gasteiger charge is 2.54. The summed E-state index contributed by atoms with van der Waals surface area (Å²) in [5.74, 6) is 0.372. The second-order valence-corrected chi connectivity index (χ2v) is 8.05. The number of benzene rings is 2. The highest BCUT2D eigenvalue weighted by Crippen LogP contribution is 2.39. The lowest BCUT2D eigenvalue weighted by Gasteiger charge is -2.33. The molecule has 0 bridgehead atoms. The number of ether oxygens (including phenoxy) is 1. The summed E-state index contributed by atoms with van der Waals surface area (Å²) in [6.45, 7) is 3.86. The molecule has 4 rings (SSSR count). The third-order valence-electron chi connectivity index (χ3n) is 5.68. The van der Waals surface area contributed by atoms with E-state index in [4.69, 9.17) is 4.74 Å². The Morgan fingerprint density at radius 2 is 1.90 bits per heavy atom. The molecule has 1 aliphatic heterocycles. The van der Waals surface area contributed by atoms with Crippen molar-refractivity contribution in [2.45, 2.75) is 44.8 Å². The molecule has 29 heavy (non-hydrogen) atoms. The average molecular weight is 394 g/mol. The highest BCUT2D eigenvalue weighted by atomic mass is 16.5. The Labute approximate surface area is 170 Å². The maximum absolute atomic E-state index is 13.2. The lowest BCUT2D eigenvalue weighted by Crippen LogP contribution is -2.47. The van der Waals surface area contributed by atoms with Gasteiger partial charge in [-0.1, -0.05) is 30.3 Å². The molecular weight excluding hydrogens is 368 g/mol. The van der Waals surface area contributed by atoms with Crippen LogP contribution in [0.2, 0.25) is 0 Å². The Morgan fingerprint density at radius 1 is 1.17 bits per heavy atom. The van der Waals surface area contributed by atoms with Crippen LogP contribution in [0.3, 0.4) is 0 Å². The molecule has 1 spiro atoms. The highest BCUT2D eigenvalue weighted by molar-refractivity contribution is 6.07. The van der Waals surface area contributed by atoms with Gasteiger partial charge in [-0.25, -0.2) is 4.79 Å². The second kappa shape index (κ2) is 7.52. The van der Waals surface area contributed by atoms with Crippen LogP contribution in [0.25, 0.3) is 0 Å². The zero-order valence-corrected chi connectivity index (χ0v) is 16.8. The number of aliphatic hydroxyl groups is 1. The molecule has 0 radical (unpaired) electrons. The molecule has 1 aliphatic carbocycles. The SMILES string of the molecule is Cc1cc(C)cc(OC[C@@H](O)CN2C(=O)N[C@]3(CCCc4ccccc43)C2=O)c1. The number of urea groups is 1. The fourth-order valence-electron chi connectivity index (χ4n) is 4.45. The minimum Gasteiger partial charge on any atom is -0.491 e. The van der Waals surface area contributed by atoms with E-state index in [1.165, 1.54) is 0 Å². The summed E-state index contributed by atoms with van der Waals surface area (Å²) in [5.41, 5.74) is 3.09. The Balaban J connectivity index is 1.46. The number of nitrogens with one attached hydrogen (secondary N) is 1. The first-order chi connectivity index (χ1) is 13.9. The predicted molar refractivity (Wildman–Crippen MR) is 109 cm³/mol. The fourth-order valence-corrected chi connectivity index (χ4v) is 4.45. The Hall–Kier alpha value is -2.86. The van der Waals surface area contributed by atoms with Gasteiger partial charge in [-0.05, 0) is 67.5 Å². The number of carbonyl (C=O) groups excluding carboxylic acids is 2. The lowest BCUT2D eigenvalue weighted by atomic mass is 9.76. The number of imide groups is 1. The third-order valence-corrected chi connectivity index (χ3v) is 5.68. The van der Waals surface area contributed by atoms with Crippen molar-refractivity contribution in [3.63, 3.8) is 0 Å². The van der Waals surface area contributed by atoms with Gasteiger partial charge in [0.15, 0.2) is 0 Å². The zero-order chi connectivity index (χ0) is 20.6. The first kappa shape index (κ1) is 19.5. The van der Waals surface area contributed by atoms with Gasteiger partial charge in [0.2, 0.25) is 0 Å². The zero-order valence-electron chi connectivity index (χ0n) is 16.8. The molecule has 2 aliphatic rings. The summed E-state index contributed by atoms with van der Waals surface area (Å²) in [6.07, 6.45) is 1.32. The number of rotatable bonds is 5. The van der Waals surface area contributed by atoms with Gasteiger partial charge >= 0.3 is 6.03 Å². The van der Waals surface area contributed by atoms with E-state index in [1.54, 1.807) is 0 Å². The predicted octanol–water partition coefficient (Wildman–Crippen LogP) is 2.83. The van der Waals surface area contributed by atoms with Gasteiger partial charge < -0.3 is 15.2 Å². The van der Waals surface area contributed by atoms with E-state index in [1.807, 2.05) is 56.3 Å². The number of fused-ring (bicyclic) bond motifs is 2. The number of aryl methyl sites for hydroxylation is 3. The van der Waals surface area contributed by atoms with Crippen molar-refractivity contribution < 1.29 is 19.4 Å². The topological polar surface area (TPSA) is 78.9 Å². The van der Waals surface area contributed by atoms with Crippen LogP contribution in [0.4, 0.5) is 4.79 Å². The second-order valence-electron chi connectivity index (χ2n) is 8.05. The van der Waals surface area contributed by atoms with E-state index in [0.29, 0.717) is 12.2 Å². The molecule has 0 saturated carbocycles. The summed E-state index contributed by atoms with van der Waals surface area (Å²) in [7, 11) is 0. The average Bonchev–Trinajstić information content (AvgIpc) is 2.91. The van der Waals surface area contributed by atoms with Gasteiger partial charge in [0.05, 0.1) is 6.54 Å². The van der Waals surface area contributed by atoms with Crippen molar-refractivity contribution in [1.29, 1.82) is 0 Å². The third kappa shape index (κ3) is 3.60. The van der Waals surface area contributed by atoms with Gasteiger partial charge in [-0.3, -0.25) is 9.69 Å². The molecule has 2 aromatic carbocycles. The van der Waals surface area contributed by atoms with Crippen LogP contribution in [0.15, 0.2) is 42.5 Å². The summed E-state index contributed by atoms with van der Waals surface area (Å²) >= 11 is 0. The number of β-amino-alcohol motifs (C(OH)–C–C–N with tert-alkyl or cyclic N) is 1. The molecule has 0 unspecified atom stereocenters. The van der Waals surface area contributed by atoms with Gasteiger partial charge in [-0.15, -0.1) is 0 Å². The van der Waals surface area contributed by atoms with Crippen LogP contribution in [0.5, 0.6) is 5.75 Å². The van der Waals surface area contributed by atoms with Crippen LogP contribution in [0, 0.1) is 13.8 Å². The molecule has 0 aromatic heterocycles. The van der Waals surface area contributed by atoms with Crippen LogP contribution in [-0.2, 0) is 16.8 Å².